The van der Waals surface area contributed by atoms with E-state index < -0.39 is 0 Å². The fourth-order valence-electron chi connectivity index (χ4n) is 3.85. The maximum atomic E-state index is 2.37. The highest BCUT2D eigenvalue weighted by atomic mass is 14.3. The van der Waals surface area contributed by atoms with Gasteiger partial charge >= 0.3 is 0 Å². The fraction of sp³-hybridized carbons (Fsp3) is 0.478. The van der Waals surface area contributed by atoms with Crippen molar-refractivity contribution >= 4 is 0 Å². The molecule has 0 heterocycles. The minimum Gasteiger partial charge on any atom is -0.0590 e. The van der Waals surface area contributed by atoms with Crippen LogP contribution in [0.4, 0.5) is 0 Å². The number of aryl methyl sites for hydroxylation is 1. The summed E-state index contributed by atoms with van der Waals surface area (Å²) < 4.78 is 0. The lowest BCUT2D eigenvalue weighted by Crippen LogP contribution is -2.13. The second-order valence-corrected chi connectivity index (χ2v) is 8.33. The lowest BCUT2D eigenvalue weighted by Gasteiger charge is -2.29. The highest BCUT2D eigenvalue weighted by molar-refractivity contribution is 5.30. The molecular weight excluding hydrogens is 276 g/mol. The van der Waals surface area contributed by atoms with Crippen molar-refractivity contribution in [2.75, 3.05) is 0 Å². The Labute approximate surface area is 141 Å². The van der Waals surface area contributed by atoms with E-state index in [1.165, 1.54) is 42.4 Å². The third kappa shape index (κ3) is 3.86. The molecule has 1 aliphatic rings. The van der Waals surface area contributed by atoms with Crippen LogP contribution in [0.1, 0.15) is 80.5 Å². The Morgan fingerprint density at radius 2 is 1.04 bits per heavy atom. The Hall–Kier alpha value is -1.56. The Kier molecular flexibility index (Phi) is 4.62. The van der Waals surface area contributed by atoms with Gasteiger partial charge in [-0.2, -0.15) is 0 Å². The third-order valence-electron chi connectivity index (χ3n) is 5.52. The molecule has 0 aromatic heterocycles. The van der Waals surface area contributed by atoms with E-state index in [9.17, 15) is 0 Å². The van der Waals surface area contributed by atoms with Gasteiger partial charge in [0.05, 0.1) is 0 Å². The highest BCUT2D eigenvalue weighted by Gasteiger charge is 2.23. The zero-order chi connectivity index (χ0) is 16.4. The SMILES string of the molecule is Cc1ccc(C2CCC(c3ccc(C(C)(C)C)cc3)CC2)cc1. The van der Waals surface area contributed by atoms with Gasteiger partial charge in [0.25, 0.3) is 0 Å². The highest BCUT2D eigenvalue weighted by Crippen LogP contribution is 2.40. The minimum absolute atomic E-state index is 0.252. The van der Waals surface area contributed by atoms with E-state index in [0.717, 1.165) is 11.8 Å². The topological polar surface area (TPSA) is 0 Å². The van der Waals surface area contributed by atoms with Crippen LogP contribution in [0.15, 0.2) is 48.5 Å². The first-order valence-electron chi connectivity index (χ1n) is 9.10. The van der Waals surface area contributed by atoms with Crippen LogP contribution in [-0.4, -0.2) is 0 Å². The van der Waals surface area contributed by atoms with Crippen molar-refractivity contribution in [1.29, 1.82) is 0 Å². The molecule has 0 unspecified atom stereocenters. The molecule has 0 heteroatoms. The van der Waals surface area contributed by atoms with Crippen molar-refractivity contribution in [1.82, 2.24) is 0 Å². The molecule has 122 valence electrons. The molecule has 0 bridgehead atoms. The summed E-state index contributed by atoms with van der Waals surface area (Å²) in [5.41, 5.74) is 6.13. The molecule has 0 spiro atoms. The summed E-state index contributed by atoms with van der Waals surface area (Å²) in [7, 11) is 0. The summed E-state index contributed by atoms with van der Waals surface area (Å²) in [4.78, 5) is 0. The van der Waals surface area contributed by atoms with Gasteiger partial charge in [0.2, 0.25) is 0 Å². The smallest absolute Gasteiger partial charge is 0.0132 e. The van der Waals surface area contributed by atoms with Crippen LogP contribution in [0, 0.1) is 6.92 Å². The number of hydrogen-bond donors (Lipinski definition) is 0. The lowest BCUT2D eigenvalue weighted by molar-refractivity contribution is 0.396. The molecule has 0 aliphatic heterocycles. The Morgan fingerprint density at radius 1 is 0.652 bits per heavy atom. The summed E-state index contributed by atoms with van der Waals surface area (Å²) in [6.45, 7) is 9.03. The molecule has 23 heavy (non-hydrogen) atoms. The van der Waals surface area contributed by atoms with Crippen LogP contribution in [-0.2, 0) is 5.41 Å². The quantitative estimate of drug-likeness (QED) is 0.576. The van der Waals surface area contributed by atoms with Crippen LogP contribution < -0.4 is 0 Å². The van der Waals surface area contributed by atoms with Crippen LogP contribution in [0.3, 0.4) is 0 Å². The van der Waals surface area contributed by atoms with Crippen molar-refractivity contribution in [2.45, 2.75) is 70.6 Å². The van der Waals surface area contributed by atoms with Crippen molar-refractivity contribution in [2.24, 2.45) is 0 Å². The summed E-state index contributed by atoms with van der Waals surface area (Å²) in [5.74, 6) is 1.52. The van der Waals surface area contributed by atoms with E-state index in [-0.39, 0.29) is 5.41 Å². The van der Waals surface area contributed by atoms with Gasteiger partial charge in [0.1, 0.15) is 0 Å². The van der Waals surface area contributed by atoms with Gasteiger partial charge in [0, 0.05) is 0 Å². The van der Waals surface area contributed by atoms with Crippen LogP contribution in [0.25, 0.3) is 0 Å². The van der Waals surface area contributed by atoms with Crippen LogP contribution in [0.5, 0.6) is 0 Å². The van der Waals surface area contributed by atoms with E-state index >= 15 is 0 Å². The van der Waals surface area contributed by atoms with E-state index in [1.54, 1.807) is 5.56 Å². The largest absolute Gasteiger partial charge is 0.0590 e. The zero-order valence-corrected chi connectivity index (χ0v) is 15.1. The molecule has 0 saturated heterocycles. The first-order valence-corrected chi connectivity index (χ1v) is 9.10. The summed E-state index contributed by atoms with van der Waals surface area (Å²) >= 11 is 0. The predicted molar refractivity (Wildman–Crippen MR) is 100 cm³/mol. The van der Waals surface area contributed by atoms with Gasteiger partial charge in [-0.25, -0.2) is 0 Å². The maximum Gasteiger partial charge on any atom is -0.0132 e. The average molecular weight is 306 g/mol. The number of benzene rings is 2. The monoisotopic (exact) mass is 306 g/mol. The first kappa shape index (κ1) is 16.3. The lowest BCUT2D eigenvalue weighted by atomic mass is 9.75. The third-order valence-corrected chi connectivity index (χ3v) is 5.52. The van der Waals surface area contributed by atoms with E-state index in [4.69, 9.17) is 0 Å². The number of rotatable bonds is 2. The molecule has 0 nitrogen and oxygen atoms in total. The van der Waals surface area contributed by atoms with Gasteiger partial charge in [-0.1, -0.05) is 74.9 Å². The number of hydrogen-bond acceptors (Lipinski definition) is 0. The summed E-state index contributed by atoms with van der Waals surface area (Å²) in [5, 5.41) is 0. The molecule has 2 aromatic rings. The second kappa shape index (κ2) is 6.51. The first-order chi connectivity index (χ1) is 10.9. The van der Waals surface area contributed by atoms with E-state index in [2.05, 4.69) is 76.2 Å². The molecule has 0 atom stereocenters. The van der Waals surface area contributed by atoms with Gasteiger partial charge in [0.15, 0.2) is 0 Å². The Balaban J connectivity index is 1.63. The van der Waals surface area contributed by atoms with Gasteiger partial charge < -0.3 is 0 Å². The van der Waals surface area contributed by atoms with E-state index in [0.29, 0.717) is 0 Å². The van der Waals surface area contributed by atoms with Gasteiger partial charge in [-0.05, 0) is 66.5 Å². The zero-order valence-electron chi connectivity index (χ0n) is 15.1. The van der Waals surface area contributed by atoms with E-state index in [1.807, 2.05) is 0 Å². The summed E-state index contributed by atoms with van der Waals surface area (Å²) in [6, 6.07) is 18.6. The molecule has 0 N–H and O–H groups in total. The minimum atomic E-state index is 0.252. The molecule has 1 saturated carbocycles. The van der Waals surface area contributed by atoms with Crippen LogP contribution in [0.2, 0.25) is 0 Å². The van der Waals surface area contributed by atoms with Crippen molar-refractivity contribution in [3.8, 4) is 0 Å². The summed E-state index contributed by atoms with van der Waals surface area (Å²) in [6.07, 6.45) is 5.31. The van der Waals surface area contributed by atoms with Crippen LogP contribution >= 0.6 is 0 Å². The van der Waals surface area contributed by atoms with Gasteiger partial charge in [-0.15, -0.1) is 0 Å². The molecule has 3 rings (SSSR count). The standard InChI is InChI=1S/C23H30/c1-17-5-7-18(8-6-17)19-9-11-20(12-10-19)21-13-15-22(16-14-21)23(2,3)4/h5-8,13-16,19-20H,9-12H2,1-4H3. The van der Waals surface area contributed by atoms with Gasteiger partial charge in [-0.3, -0.25) is 0 Å². The Morgan fingerprint density at radius 3 is 1.43 bits per heavy atom. The molecular formula is C23H30. The molecule has 1 aliphatic carbocycles. The van der Waals surface area contributed by atoms with Crippen molar-refractivity contribution in [3.05, 3.63) is 70.8 Å². The predicted octanol–water partition coefficient (Wildman–Crippen LogP) is 6.73. The normalized spacial score (nSPS) is 22.1. The van der Waals surface area contributed by atoms with Crippen molar-refractivity contribution in [3.63, 3.8) is 0 Å². The fourth-order valence-corrected chi connectivity index (χ4v) is 3.85. The second-order valence-electron chi connectivity index (χ2n) is 8.33. The molecule has 2 aromatic carbocycles. The van der Waals surface area contributed by atoms with Crippen molar-refractivity contribution < 1.29 is 0 Å². The Bertz CT molecular complexity index is 617. The molecule has 1 fully saturated rings. The maximum absolute atomic E-state index is 2.37. The average Bonchev–Trinajstić information content (AvgIpc) is 2.55. The molecule has 0 radical (unpaired) electrons. The molecule has 0 amide bonds.